The molecule has 0 fully saturated rings. The number of nitrogens with one attached hydrogen (secondary N) is 1. The average Bonchev–Trinajstić information content (AvgIpc) is 2.23. The minimum absolute atomic E-state index is 0.371. The van der Waals surface area contributed by atoms with Gasteiger partial charge >= 0.3 is 0 Å². The lowest BCUT2D eigenvalue weighted by Gasteiger charge is -2.20. The Balaban J connectivity index is 3.48. The maximum absolute atomic E-state index is 5.76. The highest BCUT2D eigenvalue weighted by Crippen LogP contribution is 1.97. The third-order valence-electron chi connectivity index (χ3n) is 2.54. The van der Waals surface area contributed by atoms with Crippen molar-refractivity contribution in [1.82, 2.24) is 10.2 Å². The molecule has 0 aromatic rings. The Morgan fingerprint density at radius 3 is 2.29 bits per heavy atom. The van der Waals surface area contributed by atoms with Crippen molar-refractivity contribution in [3.05, 3.63) is 0 Å². The molecule has 86 valence electrons. The first kappa shape index (κ1) is 13.9. The molecule has 1 atom stereocenters. The summed E-state index contributed by atoms with van der Waals surface area (Å²) < 4.78 is 5.76. The first-order chi connectivity index (χ1) is 6.78. The van der Waals surface area contributed by atoms with Crippen LogP contribution in [0.2, 0.25) is 0 Å². The van der Waals surface area contributed by atoms with Gasteiger partial charge in [-0.2, -0.15) is 0 Å². The summed E-state index contributed by atoms with van der Waals surface area (Å²) in [5, 5.41) is 3.15. The first-order valence-corrected chi connectivity index (χ1v) is 5.76. The largest absolute Gasteiger partial charge is 0.376 e. The Morgan fingerprint density at radius 1 is 1.21 bits per heavy atom. The fourth-order valence-electron chi connectivity index (χ4n) is 1.44. The molecular weight excluding hydrogens is 176 g/mol. The molecule has 0 heterocycles. The lowest BCUT2D eigenvalue weighted by molar-refractivity contribution is 0.0381. The van der Waals surface area contributed by atoms with E-state index in [9.17, 15) is 0 Å². The third-order valence-corrected chi connectivity index (χ3v) is 2.54. The van der Waals surface area contributed by atoms with Crippen LogP contribution in [-0.2, 0) is 4.74 Å². The second kappa shape index (κ2) is 9.44. The summed E-state index contributed by atoms with van der Waals surface area (Å²) >= 11 is 0. The monoisotopic (exact) mass is 202 g/mol. The smallest absolute Gasteiger partial charge is 0.0697 e. The summed E-state index contributed by atoms with van der Waals surface area (Å²) in [6.45, 7) is 11.6. The molecule has 0 aliphatic heterocycles. The Bertz CT molecular complexity index is 116. The van der Waals surface area contributed by atoms with Gasteiger partial charge in [0.15, 0.2) is 0 Å². The molecule has 0 spiro atoms. The van der Waals surface area contributed by atoms with Gasteiger partial charge in [0, 0.05) is 13.1 Å². The Morgan fingerprint density at radius 2 is 1.86 bits per heavy atom. The number of hydrogen-bond donors (Lipinski definition) is 1. The molecule has 0 bridgehead atoms. The van der Waals surface area contributed by atoms with Gasteiger partial charge in [-0.15, -0.1) is 0 Å². The van der Waals surface area contributed by atoms with E-state index in [1.807, 2.05) is 7.05 Å². The lowest BCUT2D eigenvalue weighted by Crippen LogP contribution is -2.31. The predicted octanol–water partition coefficient (Wildman–Crippen LogP) is 1.34. The fourth-order valence-corrected chi connectivity index (χ4v) is 1.44. The highest BCUT2D eigenvalue weighted by Gasteiger charge is 2.05. The summed E-state index contributed by atoms with van der Waals surface area (Å²) in [5.41, 5.74) is 0. The van der Waals surface area contributed by atoms with Gasteiger partial charge in [-0.05, 0) is 26.6 Å². The molecule has 1 unspecified atom stereocenters. The SMILES string of the molecule is CCC(CNC)OCCN(CC)CC. The van der Waals surface area contributed by atoms with Crippen molar-refractivity contribution in [3.8, 4) is 0 Å². The highest BCUT2D eigenvalue weighted by atomic mass is 16.5. The zero-order chi connectivity index (χ0) is 10.8. The molecule has 0 radical (unpaired) electrons. The molecule has 0 aliphatic rings. The van der Waals surface area contributed by atoms with E-state index in [4.69, 9.17) is 4.74 Å². The van der Waals surface area contributed by atoms with Gasteiger partial charge in [0.05, 0.1) is 12.7 Å². The highest BCUT2D eigenvalue weighted by molar-refractivity contribution is 4.58. The molecule has 14 heavy (non-hydrogen) atoms. The summed E-state index contributed by atoms with van der Waals surface area (Å²) in [6.07, 6.45) is 1.45. The van der Waals surface area contributed by atoms with E-state index in [0.29, 0.717) is 6.10 Å². The van der Waals surface area contributed by atoms with Gasteiger partial charge in [-0.3, -0.25) is 0 Å². The molecule has 3 nitrogen and oxygen atoms in total. The van der Waals surface area contributed by atoms with Crippen LogP contribution in [0.4, 0.5) is 0 Å². The molecule has 0 aliphatic carbocycles. The first-order valence-electron chi connectivity index (χ1n) is 5.76. The van der Waals surface area contributed by atoms with Crippen molar-refractivity contribution in [2.24, 2.45) is 0 Å². The van der Waals surface area contributed by atoms with Crippen LogP contribution in [0.1, 0.15) is 27.2 Å². The second-order valence-electron chi connectivity index (χ2n) is 3.49. The summed E-state index contributed by atoms with van der Waals surface area (Å²) in [6, 6.07) is 0. The van der Waals surface area contributed by atoms with Crippen LogP contribution in [0.5, 0.6) is 0 Å². The summed E-state index contributed by atoms with van der Waals surface area (Å²) in [5.74, 6) is 0. The number of ether oxygens (including phenoxy) is 1. The van der Waals surface area contributed by atoms with Crippen molar-refractivity contribution < 1.29 is 4.74 Å². The molecule has 0 rings (SSSR count). The van der Waals surface area contributed by atoms with E-state index in [-0.39, 0.29) is 0 Å². The minimum atomic E-state index is 0.371. The molecule has 0 saturated carbocycles. The fraction of sp³-hybridized carbons (Fsp3) is 1.00. The van der Waals surface area contributed by atoms with Crippen molar-refractivity contribution in [2.45, 2.75) is 33.3 Å². The van der Waals surface area contributed by atoms with E-state index in [1.54, 1.807) is 0 Å². The van der Waals surface area contributed by atoms with Gasteiger partial charge in [-0.1, -0.05) is 20.8 Å². The normalized spacial score (nSPS) is 13.5. The number of hydrogen-bond acceptors (Lipinski definition) is 3. The number of nitrogens with zero attached hydrogens (tertiary/aromatic N) is 1. The summed E-state index contributed by atoms with van der Waals surface area (Å²) in [4.78, 5) is 2.38. The molecule has 0 aromatic heterocycles. The van der Waals surface area contributed by atoms with Crippen molar-refractivity contribution in [3.63, 3.8) is 0 Å². The van der Waals surface area contributed by atoms with E-state index in [2.05, 4.69) is 31.0 Å². The Labute approximate surface area is 88.8 Å². The zero-order valence-electron chi connectivity index (χ0n) is 10.2. The van der Waals surface area contributed by atoms with Crippen molar-refractivity contribution in [1.29, 1.82) is 0 Å². The Hall–Kier alpha value is -0.120. The Kier molecular flexibility index (Phi) is 9.35. The quantitative estimate of drug-likeness (QED) is 0.611. The third kappa shape index (κ3) is 6.35. The van der Waals surface area contributed by atoms with Crippen LogP contribution >= 0.6 is 0 Å². The molecule has 0 aromatic carbocycles. The van der Waals surface area contributed by atoms with Crippen LogP contribution in [0.15, 0.2) is 0 Å². The van der Waals surface area contributed by atoms with Gasteiger partial charge < -0.3 is 15.0 Å². The van der Waals surface area contributed by atoms with Gasteiger partial charge in [0.1, 0.15) is 0 Å². The number of rotatable bonds is 9. The van der Waals surface area contributed by atoms with Crippen LogP contribution in [0.3, 0.4) is 0 Å². The van der Waals surface area contributed by atoms with Crippen molar-refractivity contribution >= 4 is 0 Å². The topological polar surface area (TPSA) is 24.5 Å². The van der Waals surface area contributed by atoms with Gasteiger partial charge in [0.2, 0.25) is 0 Å². The molecule has 3 heteroatoms. The van der Waals surface area contributed by atoms with Gasteiger partial charge in [-0.25, -0.2) is 0 Å². The van der Waals surface area contributed by atoms with Crippen molar-refractivity contribution in [2.75, 3.05) is 39.8 Å². The standard InChI is InChI=1S/C11H26N2O/c1-5-11(10-12-4)14-9-8-13(6-2)7-3/h11-12H,5-10H2,1-4H3. The van der Waals surface area contributed by atoms with Crippen LogP contribution in [0, 0.1) is 0 Å². The predicted molar refractivity (Wildman–Crippen MR) is 61.7 cm³/mol. The lowest BCUT2D eigenvalue weighted by atomic mass is 10.3. The van der Waals surface area contributed by atoms with Crippen LogP contribution in [-0.4, -0.2) is 50.8 Å². The molecule has 0 saturated heterocycles. The molecular formula is C11H26N2O. The maximum Gasteiger partial charge on any atom is 0.0697 e. The van der Waals surface area contributed by atoms with Crippen LogP contribution in [0.25, 0.3) is 0 Å². The summed E-state index contributed by atoms with van der Waals surface area (Å²) in [7, 11) is 1.97. The number of likely N-dealkylation sites (N-methyl/N-ethyl adjacent to an activating group) is 2. The maximum atomic E-state index is 5.76. The van der Waals surface area contributed by atoms with Crippen LogP contribution < -0.4 is 5.32 Å². The second-order valence-corrected chi connectivity index (χ2v) is 3.49. The van der Waals surface area contributed by atoms with E-state index < -0.39 is 0 Å². The molecule has 1 N–H and O–H groups in total. The van der Waals surface area contributed by atoms with E-state index in [0.717, 1.165) is 39.2 Å². The van der Waals surface area contributed by atoms with Gasteiger partial charge in [0.25, 0.3) is 0 Å². The average molecular weight is 202 g/mol. The zero-order valence-corrected chi connectivity index (χ0v) is 10.2. The van der Waals surface area contributed by atoms with E-state index in [1.165, 1.54) is 0 Å². The minimum Gasteiger partial charge on any atom is -0.376 e. The molecule has 0 amide bonds. The van der Waals surface area contributed by atoms with E-state index >= 15 is 0 Å².